The molecule has 1 aliphatic heterocycles. The molecule has 1 atom stereocenters. The Kier molecular flexibility index (Phi) is 2.72. The molecule has 1 unspecified atom stereocenters. The van der Waals surface area contributed by atoms with Gasteiger partial charge in [0.05, 0.1) is 0 Å². The van der Waals surface area contributed by atoms with Crippen LogP contribution in [0, 0.1) is 0 Å². The van der Waals surface area contributed by atoms with E-state index in [0.29, 0.717) is 12.0 Å². The van der Waals surface area contributed by atoms with Crippen LogP contribution in [0.5, 0.6) is 0 Å². The van der Waals surface area contributed by atoms with Crippen molar-refractivity contribution < 1.29 is 0 Å². The third-order valence-corrected chi connectivity index (χ3v) is 4.23. The van der Waals surface area contributed by atoms with Crippen molar-refractivity contribution in [3.63, 3.8) is 0 Å². The number of nitrogens with two attached hydrogens (primary N) is 1. The number of rotatable bonds is 2. The minimum atomic E-state index is 0.516. The highest BCUT2D eigenvalue weighted by atomic mass is 15.1. The van der Waals surface area contributed by atoms with Gasteiger partial charge < -0.3 is 10.3 Å². The van der Waals surface area contributed by atoms with E-state index in [-0.39, 0.29) is 0 Å². The molecule has 0 aromatic carbocycles. The highest BCUT2D eigenvalue weighted by molar-refractivity contribution is 5.14. The predicted molar refractivity (Wildman–Crippen MR) is 64.5 cm³/mol. The summed E-state index contributed by atoms with van der Waals surface area (Å²) in [6.07, 6.45) is 11.2. The quantitative estimate of drug-likeness (QED) is 0.830. The summed E-state index contributed by atoms with van der Waals surface area (Å²) >= 11 is 0. The van der Waals surface area contributed by atoms with Crippen LogP contribution in [0.2, 0.25) is 0 Å². The molecule has 2 heterocycles. The van der Waals surface area contributed by atoms with E-state index >= 15 is 0 Å². The van der Waals surface area contributed by atoms with Crippen LogP contribution in [0.1, 0.15) is 62.0 Å². The van der Waals surface area contributed by atoms with Gasteiger partial charge >= 0.3 is 0 Å². The summed E-state index contributed by atoms with van der Waals surface area (Å²) in [5, 5.41) is 0. The molecule has 3 rings (SSSR count). The Labute approximate surface area is 97.0 Å². The minimum Gasteiger partial charge on any atom is -0.328 e. The number of aromatic nitrogens is 2. The molecule has 0 radical (unpaired) electrons. The fourth-order valence-corrected chi connectivity index (χ4v) is 3.38. The van der Waals surface area contributed by atoms with Crippen LogP contribution >= 0.6 is 0 Å². The zero-order valence-corrected chi connectivity index (χ0v) is 9.86. The lowest BCUT2D eigenvalue weighted by Gasteiger charge is -2.27. The second-order valence-corrected chi connectivity index (χ2v) is 5.24. The summed E-state index contributed by atoms with van der Waals surface area (Å²) in [4.78, 5) is 4.69. The third-order valence-electron chi connectivity index (χ3n) is 4.23. The molecule has 1 aromatic heterocycles. The van der Waals surface area contributed by atoms with Crippen LogP contribution in [0.15, 0.2) is 6.20 Å². The first kappa shape index (κ1) is 10.3. The van der Waals surface area contributed by atoms with Crippen molar-refractivity contribution in [2.45, 2.75) is 56.9 Å². The Morgan fingerprint density at radius 2 is 2.06 bits per heavy atom. The van der Waals surface area contributed by atoms with E-state index in [0.717, 1.165) is 6.54 Å². The normalized spacial score (nSPS) is 25.9. The number of nitrogens with zero attached hydrogens (tertiary/aromatic N) is 2. The topological polar surface area (TPSA) is 43.8 Å². The average molecular weight is 219 g/mol. The van der Waals surface area contributed by atoms with Gasteiger partial charge in [0, 0.05) is 30.4 Å². The zero-order chi connectivity index (χ0) is 11.0. The van der Waals surface area contributed by atoms with Gasteiger partial charge in [0.25, 0.3) is 0 Å². The van der Waals surface area contributed by atoms with Crippen molar-refractivity contribution in [1.82, 2.24) is 9.55 Å². The largest absolute Gasteiger partial charge is 0.328 e. The smallest absolute Gasteiger partial charge is 0.112 e. The van der Waals surface area contributed by atoms with Crippen molar-refractivity contribution in [2.75, 3.05) is 6.54 Å². The average Bonchev–Trinajstić information content (AvgIpc) is 2.96. The first-order valence-corrected chi connectivity index (χ1v) is 6.66. The maximum atomic E-state index is 5.90. The van der Waals surface area contributed by atoms with Gasteiger partial charge in [-0.05, 0) is 32.1 Å². The molecular weight excluding hydrogens is 198 g/mol. The van der Waals surface area contributed by atoms with Crippen molar-refractivity contribution in [3.05, 3.63) is 17.7 Å². The van der Waals surface area contributed by atoms with Crippen LogP contribution in [0.3, 0.4) is 0 Å². The molecule has 0 bridgehead atoms. The first-order valence-electron chi connectivity index (χ1n) is 6.66. The molecule has 0 spiro atoms. The van der Waals surface area contributed by atoms with Gasteiger partial charge in [-0.15, -0.1) is 0 Å². The number of fused-ring (bicyclic) bond motifs is 1. The third kappa shape index (κ3) is 1.58. The summed E-state index contributed by atoms with van der Waals surface area (Å²) in [6.45, 7) is 0.767. The van der Waals surface area contributed by atoms with Gasteiger partial charge in [0.1, 0.15) is 5.82 Å². The summed E-state index contributed by atoms with van der Waals surface area (Å²) in [5.41, 5.74) is 7.32. The van der Waals surface area contributed by atoms with Gasteiger partial charge in [0.2, 0.25) is 0 Å². The van der Waals surface area contributed by atoms with E-state index < -0.39 is 0 Å². The molecule has 3 nitrogen and oxygen atoms in total. The Bertz CT molecular complexity index is 363. The van der Waals surface area contributed by atoms with Gasteiger partial charge in [-0.2, -0.15) is 0 Å². The molecular formula is C13H21N3. The van der Waals surface area contributed by atoms with Gasteiger partial charge in [0.15, 0.2) is 0 Å². The number of hydrogen-bond acceptors (Lipinski definition) is 2. The lowest BCUT2D eigenvalue weighted by atomic mass is 10.0. The Balaban J connectivity index is 1.96. The molecule has 3 heteroatoms. The van der Waals surface area contributed by atoms with Gasteiger partial charge in [-0.3, -0.25) is 0 Å². The zero-order valence-electron chi connectivity index (χ0n) is 9.86. The van der Waals surface area contributed by atoms with Crippen molar-refractivity contribution >= 4 is 0 Å². The molecule has 2 N–H and O–H groups in total. The van der Waals surface area contributed by atoms with Crippen LogP contribution in [-0.4, -0.2) is 16.1 Å². The highest BCUT2D eigenvalue weighted by Crippen LogP contribution is 2.37. The minimum absolute atomic E-state index is 0.516. The number of aryl methyl sites for hydroxylation is 1. The molecule has 88 valence electrons. The van der Waals surface area contributed by atoms with Crippen LogP contribution < -0.4 is 5.73 Å². The summed E-state index contributed by atoms with van der Waals surface area (Å²) in [7, 11) is 0. The van der Waals surface area contributed by atoms with Crippen LogP contribution in [0.4, 0.5) is 0 Å². The van der Waals surface area contributed by atoms with Crippen molar-refractivity contribution in [1.29, 1.82) is 0 Å². The maximum absolute atomic E-state index is 5.90. The van der Waals surface area contributed by atoms with Crippen molar-refractivity contribution in [2.24, 2.45) is 5.73 Å². The summed E-state index contributed by atoms with van der Waals surface area (Å²) < 4.78 is 2.47. The Morgan fingerprint density at radius 1 is 1.25 bits per heavy atom. The molecule has 1 aromatic rings. The van der Waals surface area contributed by atoms with E-state index in [9.17, 15) is 0 Å². The van der Waals surface area contributed by atoms with E-state index in [4.69, 9.17) is 5.73 Å². The number of imidazole rings is 1. The molecule has 2 aliphatic rings. The molecule has 0 amide bonds. The Hall–Kier alpha value is -0.830. The van der Waals surface area contributed by atoms with E-state index in [2.05, 4.69) is 15.7 Å². The van der Waals surface area contributed by atoms with Crippen LogP contribution in [-0.2, 0) is 6.42 Å². The molecule has 1 aliphatic carbocycles. The second kappa shape index (κ2) is 4.21. The standard InChI is InChI=1S/C13H21N3/c14-8-11-6-3-7-12-9-15-13(16(11)12)10-4-1-2-5-10/h9-11H,1-8,14H2. The SMILES string of the molecule is NCC1CCCc2cnc(C3CCCC3)n21. The molecule has 0 saturated heterocycles. The fourth-order valence-electron chi connectivity index (χ4n) is 3.38. The molecule has 1 fully saturated rings. The lowest BCUT2D eigenvalue weighted by Crippen LogP contribution is -2.26. The van der Waals surface area contributed by atoms with Crippen LogP contribution in [0.25, 0.3) is 0 Å². The molecule has 1 saturated carbocycles. The maximum Gasteiger partial charge on any atom is 0.112 e. The highest BCUT2D eigenvalue weighted by Gasteiger charge is 2.27. The van der Waals surface area contributed by atoms with E-state index in [1.165, 1.54) is 56.5 Å². The molecule has 16 heavy (non-hydrogen) atoms. The number of hydrogen-bond donors (Lipinski definition) is 1. The predicted octanol–water partition coefficient (Wildman–Crippen LogP) is 2.38. The lowest BCUT2D eigenvalue weighted by molar-refractivity contribution is 0.388. The van der Waals surface area contributed by atoms with Gasteiger partial charge in [-0.25, -0.2) is 4.98 Å². The first-order chi connectivity index (χ1) is 7.90. The monoisotopic (exact) mass is 219 g/mol. The fraction of sp³-hybridized carbons (Fsp3) is 0.769. The summed E-state index contributed by atoms with van der Waals surface area (Å²) in [5.74, 6) is 2.04. The van der Waals surface area contributed by atoms with Gasteiger partial charge in [-0.1, -0.05) is 12.8 Å². The Morgan fingerprint density at radius 3 is 2.81 bits per heavy atom. The van der Waals surface area contributed by atoms with Crippen molar-refractivity contribution in [3.8, 4) is 0 Å². The summed E-state index contributed by atoms with van der Waals surface area (Å²) in [6, 6.07) is 0.516. The van der Waals surface area contributed by atoms with E-state index in [1.807, 2.05) is 0 Å². The van der Waals surface area contributed by atoms with E-state index in [1.54, 1.807) is 0 Å². The second-order valence-electron chi connectivity index (χ2n) is 5.24.